The van der Waals surface area contributed by atoms with Crippen LogP contribution in [0.5, 0.6) is 0 Å². The zero-order valence-electron chi connectivity index (χ0n) is 16.6. The van der Waals surface area contributed by atoms with Crippen molar-refractivity contribution in [2.45, 2.75) is 58.1 Å². The molecular formula is C19H29N5O3. The Morgan fingerprint density at radius 2 is 1.96 bits per heavy atom. The molecule has 1 fully saturated rings. The van der Waals surface area contributed by atoms with Crippen molar-refractivity contribution in [3.8, 4) is 0 Å². The van der Waals surface area contributed by atoms with E-state index in [1.807, 2.05) is 7.05 Å². The topological polar surface area (TPSA) is 98.7 Å². The van der Waals surface area contributed by atoms with Crippen LogP contribution in [0.3, 0.4) is 0 Å². The molecule has 8 heteroatoms. The molecule has 1 saturated heterocycles. The summed E-state index contributed by atoms with van der Waals surface area (Å²) in [5, 5.41) is 13.2. The van der Waals surface area contributed by atoms with E-state index >= 15 is 0 Å². The number of aliphatic hydroxyl groups is 1. The van der Waals surface area contributed by atoms with E-state index in [0.717, 1.165) is 35.7 Å². The number of hydrogen-bond acceptors (Lipinski definition) is 6. The summed E-state index contributed by atoms with van der Waals surface area (Å²) in [6, 6.07) is 0. The molecule has 0 radical (unpaired) electrons. The number of rotatable bonds is 3. The van der Waals surface area contributed by atoms with Crippen LogP contribution in [0.25, 0.3) is 0 Å². The average Bonchev–Trinajstić information content (AvgIpc) is 2.65. The van der Waals surface area contributed by atoms with E-state index in [2.05, 4.69) is 5.32 Å². The van der Waals surface area contributed by atoms with Gasteiger partial charge in [0.1, 0.15) is 17.2 Å². The first-order valence-electron chi connectivity index (χ1n) is 9.55. The second-order valence-electron chi connectivity index (χ2n) is 7.95. The van der Waals surface area contributed by atoms with Gasteiger partial charge in [0.25, 0.3) is 5.91 Å². The van der Waals surface area contributed by atoms with Crippen molar-refractivity contribution in [2.75, 3.05) is 32.0 Å². The van der Waals surface area contributed by atoms with Crippen molar-refractivity contribution < 1.29 is 14.7 Å². The molecular weight excluding hydrogens is 346 g/mol. The minimum atomic E-state index is -1.37. The molecule has 2 aliphatic rings. The first-order valence-corrected chi connectivity index (χ1v) is 9.55. The predicted octanol–water partition coefficient (Wildman–Crippen LogP) is 0.900. The van der Waals surface area contributed by atoms with E-state index in [4.69, 9.17) is 9.97 Å². The number of fused-ring (bicyclic) bond motifs is 1. The predicted molar refractivity (Wildman–Crippen MR) is 101 cm³/mol. The fraction of sp³-hybridized carbons (Fsp3) is 0.684. The Balaban J connectivity index is 1.85. The molecule has 1 atom stereocenters. The summed E-state index contributed by atoms with van der Waals surface area (Å²) in [7, 11) is 1.82. The molecule has 148 valence electrons. The summed E-state index contributed by atoms with van der Waals surface area (Å²) in [6.07, 6.45) is 2.48. The number of likely N-dealkylation sites (tertiary alicyclic amines) is 1. The molecule has 8 nitrogen and oxygen atoms in total. The van der Waals surface area contributed by atoms with Gasteiger partial charge in [-0.3, -0.25) is 9.59 Å². The Kier molecular flexibility index (Phi) is 5.37. The summed E-state index contributed by atoms with van der Waals surface area (Å²) in [5.74, 6) is 1.35. The minimum absolute atomic E-state index is 0.0493. The molecule has 2 aliphatic heterocycles. The molecule has 27 heavy (non-hydrogen) atoms. The van der Waals surface area contributed by atoms with Gasteiger partial charge < -0.3 is 20.2 Å². The minimum Gasteiger partial charge on any atom is -0.381 e. The lowest BCUT2D eigenvalue weighted by molar-refractivity contribution is -0.149. The Bertz CT molecular complexity index is 726. The van der Waals surface area contributed by atoms with Crippen molar-refractivity contribution in [2.24, 2.45) is 0 Å². The largest absolute Gasteiger partial charge is 0.381 e. The third-order valence-electron chi connectivity index (χ3n) is 5.36. The Hall–Kier alpha value is -2.22. The van der Waals surface area contributed by atoms with Gasteiger partial charge in [-0.15, -0.1) is 0 Å². The van der Waals surface area contributed by atoms with Crippen molar-refractivity contribution in [1.29, 1.82) is 0 Å². The standard InChI is InChI=1S/C19H29N5O3/c1-12(25)23-9-7-15-14(11-23)17(20-4)22-16(21-15)13-6-5-8-24(10-13)18(26)19(2,3)27/h13,27H,5-11H2,1-4H3,(H,20,21,22). The first kappa shape index (κ1) is 19.5. The molecule has 1 aromatic heterocycles. The van der Waals surface area contributed by atoms with Crippen LogP contribution in [0.15, 0.2) is 0 Å². The maximum absolute atomic E-state index is 12.4. The number of piperidine rings is 1. The van der Waals surface area contributed by atoms with Crippen LogP contribution < -0.4 is 5.32 Å². The van der Waals surface area contributed by atoms with E-state index in [9.17, 15) is 14.7 Å². The van der Waals surface area contributed by atoms with Gasteiger partial charge in [0, 0.05) is 51.5 Å². The maximum Gasteiger partial charge on any atom is 0.253 e. The first-order chi connectivity index (χ1) is 12.7. The Morgan fingerprint density at radius 3 is 2.59 bits per heavy atom. The molecule has 0 aromatic carbocycles. The smallest absolute Gasteiger partial charge is 0.253 e. The number of amides is 2. The molecule has 3 heterocycles. The van der Waals surface area contributed by atoms with E-state index in [1.165, 1.54) is 13.8 Å². The van der Waals surface area contributed by atoms with Crippen LogP contribution in [0.4, 0.5) is 5.82 Å². The average molecular weight is 375 g/mol. The highest BCUT2D eigenvalue weighted by Gasteiger charge is 2.34. The molecule has 1 unspecified atom stereocenters. The van der Waals surface area contributed by atoms with Crippen LogP contribution in [0, 0.1) is 0 Å². The van der Waals surface area contributed by atoms with Gasteiger partial charge in [0.05, 0.1) is 12.2 Å². The monoisotopic (exact) mass is 375 g/mol. The molecule has 0 saturated carbocycles. The van der Waals surface area contributed by atoms with Crippen molar-refractivity contribution in [3.63, 3.8) is 0 Å². The second kappa shape index (κ2) is 7.42. The van der Waals surface area contributed by atoms with Crippen LogP contribution in [-0.4, -0.2) is 69.0 Å². The number of carbonyl (C=O) groups is 2. The lowest BCUT2D eigenvalue weighted by Gasteiger charge is -2.36. The highest BCUT2D eigenvalue weighted by molar-refractivity contribution is 5.84. The van der Waals surface area contributed by atoms with Gasteiger partial charge in [-0.1, -0.05) is 0 Å². The van der Waals surface area contributed by atoms with E-state index < -0.39 is 5.60 Å². The fourth-order valence-corrected chi connectivity index (χ4v) is 3.85. The van der Waals surface area contributed by atoms with Gasteiger partial charge in [0.15, 0.2) is 0 Å². The normalized spacial score (nSPS) is 20.3. The van der Waals surface area contributed by atoms with Gasteiger partial charge in [-0.25, -0.2) is 9.97 Å². The number of nitrogens with zero attached hydrogens (tertiary/aromatic N) is 4. The molecule has 1 aromatic rings. The summed E-state index contributed by atoms with van der Waals surface area (Å²) < 4.78 is 0. The van der Waals surface area contributed by atoms with Crippen LogP contribution in [0.2, 0.25) is 0 Å². The molecule has 0 spiro atoms. The lowest BCUT2D eigenvalue weighted by atomic mass is 9.94. The van der Waals surface area contributed by atoms with E-state index in [0.29, 0.717) is 32.6 Å². The van der Waals surface area contributed by atoms with Crippen LogP contribution in [-0.2, 0) is 22.6 Å². The molecule has 0 aliphatic carbocycles. The van der Waals surface area contributed by atoms with Gasteiger partial charge in [-0.05, 0) is 26.7 Å². The SMILES string of the molecule is CNc1nc(C2CCCN(C(=O)C(C)(C)O)C2)nc2c1CN(C(C)=O)CC2. The Morgan fingerprint density at radius 1 is 1.22 bits per heavy atom. The fourth-order valence-electron chi connectivity index (χ4n) is 3.85. The lowest BCUT2D eigenvalue weighted by Crippen LogP contribution is -2.49. The van der Waals surface area contributed by atoms with Crippen molar-refractivity contribution >= 4 is 17.6 Å². The Labute approximate surface area is 160 Å². The summed E-state index contributed by atoms with van der Waals surface area (Å²) in [5.41, 5.74) is 0.584. The number of aromatic nitrogens is 2. The van der Waals surface area contributed by atoms with Gasteiger partial charge >= 0.3 is 0 Å². The number of hydrogen-bond donors (Lipinski definition) is 2. The van der Waals surface area contributed by atoms with Crippen molar-refractivity contribution in [3.05, 3.63) is 17.1 Å². The second-order valence-corrected chi connectivity index (χ2v) is 7.95. The number of carbonyl (C=O) groups excluding carboxylic acids is 2. The number of anilines is 1. The van der Waals surface area contributed by atoms with Gasteiger partial charge in [0.2, 0.25) is 5.91 Å². The zero-order chi connectivity index (χ0) is 19.8. The quantitative estimate of drug-likeness (QED) is 0.814. The van der Waals surface area contributed by atoms with Crippen LogP contribution in [0.1, 0.15) is 56.6 Å². The third-order valence-corrected chi connectivity index (χ3v) is 5.36. The highest BCUT2D eigenvalue weighted by Crippen LogP contribution is 2.30. The molecule has 3 rings (SSSR count). The summed E-state index contributed by atoms with van der Waals surface area (Å²) in [6.45, 7) is 6.98. The highest BCUT2D eigenvalue weighted by atomic mass is 16.3. The summed E-state index contributed by atoms with van der Waals surface area (Å²) in [4.78, 5) is 37.2. The summed E-state index contributed by atoms with van der Waals surface area (Å²) >= 11 is 0. The molecule has 2 N–H and O–H groups in total. The maximum atomic E-state index is 12.4. The van der Waals surface area contributed by atoms with E-state index in [1.54, 1.807) is 16.7 Å². The third kappa shape index (κ3) is 4.05. The zero-order valence-corrected chi connectivity index (χ0v) is 16.6. The van der Waals surface area contributed by atoms with E-state index in [-0.39, 0.29) is 17.7 Å². The van der Waals surface area contributed by atoms with Crippen LogP contribution >= 0.6 is 0 Å². The molecule has 0 bridgehead atoms. The molecule has 2 amide bonds. The van der Waals surface area contributed by atoms with Crippen molar-refractivity contribution in [1.82, 2.24) is 19.8 Å². The van der Waals surface area contributed by atoms with Gasteiger partial charge in [-0.2, -0.15) is 0 Å². The number of nitrogens with one attached hydrogen (secondary N) is 1.